The molecule has 2 rings (SSSR count). The molecule has 0 fully saturated rings. The van der Waals surface area contributed by atoms with Crippen molar-refractivity contribution in [2.45, 2.75) is 5.03 Å². The maximum absolute atomic E-state index is 11.5. The van der Waals surface area contributed by atoms with Gasteiger partial charge in [-0.05, 0) is 23.6 Å². The Kier molecular flexibility index (Phi) is 2.59. The molecule has 0 unspecified atom stereocenters. The van der Waals surface area contributed by atoms with Crippen molar-refractivity contribution in [2.24, 2.45) is 5.73 Å². The Bertz CT molecular complexity index is 708. The topological polar surface area (TPSA) is 90.1 Å². The number of carbonyl (C=O) groups is 1. The van der Waals surface area contributed by atoms with Crippen LogP contribution in [0.25, 0.3) is 10.8 Å². The third kappa shape index (κ3) is 2.12. The average Bonchev–Trinajstić information content (AvgIpc) is 2.26. The van der Waals surface area contributed by atoms with E-state index in [4.69, 9.17) is 5.73 Å². The van der Waals surface area contributed by atoms with Gasteiger partial charge in [-0.2, -0.15) is 0 Å². The van der Waals surface area contributed by atoms with Gasteiger partial charge in [0, 0.05) is 23.4 Å². The highest BCUT2D eigenvalue weighted by atomic mass is 32.2. The summed E-state index contributed by atoms with van der Waals surface area (Å²) in [6, 6.07) is 6.21. The summed E-state index contributed by atoms with van der Waals surface area (Å²) in [6.07, 6.45) is 2.49. The molecule has 1 heterocycles. The van der Waals surface area contributed by atoms with Crippen molar-refractivity contribution in [3.05, 3.63) is 36.0 Å². The van der Waals surface area contributed by atoms with E-state index in [0.717, 1.165) is 6.26 Å². The number of pyridine rings is 1. The summed E-state index contributed by atoms with van der Waals surface area (Å²) in [7, 11) is -3.39. The Morgan fingerprint density at radius 1 is 1.29 bits per heavy atom. The van der Waals surface area contributed by atoms with E-state index >= 15 is 0 Å². The Hall–Kier alpha value is -1.95. The fourth-order valence-corrected chi connectivity index (χ4v) is 2.44. The highest BCUT2D eigenvalue weighted by molar-refractivity contribution is 7.90. The maximum atomic E-state index is 11.5. The quantitative estimate of drug-likeness (QED) is 0.851. The average molecular weight is 250 g/mol. The number of fused-ring (bicyclic) bond motifs is 1. The van der Waals surface area contributed by atoms with Crippen LogP contribution in [-0.4, -0.2) is 25.6 Å². The summed E-state index contributed by atoms with van der Waals surface area (Å²) >= 11 is 0. The first-order valence-corrected chi connectivity index (χ1v) is 6.67. The van der Waals surface area contributed by atoms with Gasteiger partial charge in [-0.1, -0.05) is 6.07 Å². The second-order valence-corrected chi connectivity index (χ2v) is 5.62. The second-order valence-electron chi connectivity index (χ2n) is 3.69. The lowest BCUT2D eigenvalue weighted by atomic mass is 10.1. The molecule has 0 atom stereocenters. The molecule has 0 spiro atoms. The molecule has 0 saturated carbocycles. The number of carbonyl (C=O) groups excluding carboxylic acids is 1. The lowest BCUT2D eigenvalue weighted by Crippen LogP contribution is -2.10. The Morgan fingerprint density at radius 2 is 2.00 bits per heavy atom. The molecule has 1 amide bonds. The smallest absolute Gasteiger partial charge is 0.248 e. The summed E-state index contributed by atoms with van der Waals surface area (Å²) in [5.74, 6) is -0.551. The van der Waals surface area contributed by atoms with Crippen LogP contribution >= 0.6 is 0 Å². The van der Waals surface area contributed by atoms with Gasteiger partial charge >= 0.3 is 0 Å². The fourth-order valence-electron chi connectivity index (χ4n) is 1.60. The SMILES string of the molecule is CS(=O)(=O)c1nccc2cc(C(N)=O)ccc12. The van der Waals surface area contributed by atoms with Gasteiger partial charge in [0.2, 0.25) is 5.91 Å². The van der Waals surface area contributed by atoms with E-state index in [-0.39, 0.29) is 5.03 Å². The van der Waals surface area contributed by atoms with Crippen molar-refractivity contribution in [1.29, 1.82) is 0 Å². The van der Waals surface area contributed by atoms with E-state index < -0.39 is 15.7 Å². The number of amides is 1. The molecule has 0 bridgehead atoms. The predicted molar refractivity (Wildman–Crippen MR) is 63.4 cm³/mol. The summed E-state index contributed by atoms with van der Waals surface area (Å²) in [6.45, 7) is 0. The van der Waals surface area contributed by atoms with Crippen LogP contribution in [0.5, 0.6) is 0 Å². The molecule has 88 valence electrons. The molecule has 0 saturated heterocycles. The zero-order chi connectivity index (χ0) is 12.6. The molecule has 0 aliphatic rings. The minimum absolute atomic E-state index is 0.00557. The number of benzene rings is 1. The number of rotatable bonds is 2. The highest BCUT2D eigenvalue weighted by Gasteiger charge is 2.13. The van der Waals surface area contributed by atoms with Crippen molar-refractivity contribution < 1.29 is 13.2 Å². The molecule has 6 heteroatoms. The van der Waals surface area contributed by atoms with E-state index in [1.54, 1.807) is 18.2 Å². The summed E-state index contributed by atoms with van der Waals surface area (Å²) < 4.78 is 23.0. The minimum atomic E-state index is -3.39. The number of primary amides is 1. The molecule has 1 aromatic carbocycles. The highest BCUT2D eigenvalue weighted by Crippen LogP contribution is 2.21. The van der Waals surface area contributed by atoms with Crippen molar-refractivity contribution in [1.82, 2.24) is 4.98 Å². The third-order valence-corrected chi connectivity index (χ3v) is 3.39. The lowest BCUT2D eigenvalue weighted by molar-refractivity contribution is 0.100. The van der Waals surface area contributed by atoms with Gasteiger partial charge < -0.3 is 5.73 Å². The zero-order valence-corrected chi connectivity index (χ0v) is 9.86. The van der Waals surface area contributed by atoms with Crippen LogP contribution in [0.1, 0.15) is 10.4 Å². The van der Waals surface area contributed by atoms with Crippen molar-refractivity contribution in [3.8, 4) is 0 Å². The molecular weight excluding hydrogens is 240 g/mol. The van der Waals surface area contributed by atoms with Crippen LogP contribution in [0.15, 0.2) is 35.5 Å². The molecule has 0 radical (unpaired) electrons. The van der Waals surface area contributed by atoms with Crippen LogP contribution in [0, 0.1) is 0 Å². The number of aromatic nitrogens is 1. The number of hydrogen-bond acceptors (Lipinski definition) is 4. The predicted octanol–water partition coefficient (Wildman–Crippen LogP) is 0.737. The molecule has 2 aromatic rings. The van der Waals surface area contributed by atoms with Crippen LogP contribution in [-0.2, 0) is 9.84 Å². The van der Waals surface area contributed by atoms with Crippen molar-refractivity contribution in [3.63, 3.8) is 0 Å². The molecule has 5 nitrogen and oxygen atoms in total. The van der Waals surface area contributed by atoms with Gasteiger partial charge in [0.1, 0.15) is 0 Å². The lowest BCUT2D eigenvalue weighted by Gasteiger charge is -2.04. The van der Waals surface area contributed by atoms with Gasteiger partial charge in [-0.3, -0.25) is 4.79 Å². The summed E-state index contributed by atoms with van der Waals surface area (Å²) in [4.78, 5) is 14.9. The van der Waals surface area contributed by atoms with Crippen LogP contribution < -0.4 is 5.73 Å². The van der Waals surface area contributed by atoms with E-state index in [1.165, 1.54) is 12.3 Å². The monoisotopic (exact) mass is 250 g/mol. The van der Waals surface area contributed by atoms with Gasteiger partial charge in [-0.15, -0.1) is 0 Å². The Balaban J connectivity index is 2.81. The van der Waals surface area contributed by atoms with Crippen molar-refractivity contribution >= 4 is 26.5 Å². The number of hydrogen-bond donors (Lipinski definition) is 1. The first kappa shape index (κ1) is 11.5. The number of nitrogens with two attached hydrogens (primary N) is 1. The molecule has 0 aliphatic heterocycles. The third-order valence-electron chi connectivity index (χ3n) is 2.36. The Labute approximate surface area is 98.2 Å². The first-order chi connectivity index (χ1) is 7.89. The largest absolute Gasteiger partial charge is 0.366 e. The molecule has 17 heavy (non-hydrogen) atoms. The van der Waals surface area contributed by atoms with Gasteiger partial charge in [-0.25, -0.2) is 13.4 Å². The van der Waals surface area contributed by atoms with E-state index in [1.807, 2.05) is 0 Å². The zero-order valence-electron chi connectivity index (χ0n) is 9.04. The molecular formula is C11H10N2O3S. The Morgan fingerprint density at radius 3 is 2.59 bits per heavy atom. The fraction of sp³-hybridized carbons (Fsp3) is 0.0909. The van der Waals surface area contributed by atoms with Gasteiger partial charge in [0.25, 0.3) is 0 Å². The van der Waals surface area contributed by atoms with Crippen LogP contribution in [0.4, 0.5) is 0 Å². The minimum Gasteiger partial charge on any atom is -0.366 e. The van der Waals surface area contributed by atoms with Crippen LogP contribution in [0.2, 0.25) is 0 Å². The second kappa shape index (κ2) is 3.81. The van der Waals surface area contributed by atoms with E-state index in [9.17, 15) is 13.2 Å². The first-order valence-electron chi connectivity index (χ1n) is 4.78. The standard InChI is InChI=1S/C11H10N2O3S/c1-17(15,16)11-9-3-2-8(10(12)14)6-7(9)4-5-13-11/h2-6H,1H3,(H2,12,14). The van der Waals surface area contributed by atoms with E-state index in [0.29, 0.717) is 16.3 Å². The summed E-state index contributed by atoms with van der Waals surface area (Å²) in [5, 5.41) is 1.11. The van der Waals surface area contributed by atoms with Gasteiger partial charge in [0.05, 0.1) is 0 Å². The normalized spacial score (nSPS) is 11.6. The van der Waals surface area contributed by atoms with Crippen LogP contribution in [0.3, 0.4) is 0 Å². The molecule has 2 N–H and O–H groups in total. The number of sulfone groups is 1. The maximum Gasteiger partial charge on any atom is 0.248 e. The molecule has 1 aromatic heterocycles. The number of nitrogens with zero attached hydrogens (tertiary/aromatic N) is 1. The summed E-state index contributed by atoms with van der Waals surface area (Å²) in [5.41, 5.74) is 5.49. The van der Waals surface area contributed by atoms with Crippen molar-refractivity contribution in [2.75, 3.05) is 6.26 Å². The molecule has 0 aliphatic carbocycles. The van der Waals surface area contributed by atoms with E-state index in [2.05, 4.69) is 4.98 Å². The van der Waals surface area contributed by atoms with Gasteiger partial charge in [0.15, 0.2) is 14.9 Å².